The second-order valence-electron chi connectivity index (χ2n) is 6.01. The summed E-state index contributed by atoms with van der Waals surface area (Å²) in [4.78, 5) is 23.4. The number of amides is 1. The van der Waals surface area contributed by atoms with Crippen molar-refractivity contribution in [3.63, 3.8) is 0 Å². The number of carbonyl (C=O) groups excluding carboxylic acids is 1. The predicted molar refractivity (Wildman–Crippen MR) is 84.5 cm³/mol. The predicted octanol–water partition coefficient (Wildman–Crippen LogP) is 1.68. The second-order valence-corrected chi connectivity index (χ2v) is 6.01. The molecule has 0 bridgehead atoms. The summed E-state index contributed by atoms with van der Waals surface area (Å²) in [5.41, 5.74) is 1.31. The van der Waals surface area contributed by atoms with Crippen LogP contribution in [0.4, 0.5) is 0 Å². The summed E-state index contributed by atoms with van der Waals surface area (Å²) < 4.78 is 10.7. The molecule has 1 aliphatic heterocycles. The number of benzene rings is 1. The second kappa shape index (κ2) is 7.46. The van der Waals surface area contributed by atoms with Gasteiger partial charge >= 0.3 is 5.97 Å². The lowest BCUT2D eigenvalue weighted by molar-refractivity contribution is -0.154. The van der Waals surface area contributed by atoms with Crippen molar-refractivity contribution in [2.45, 2.75) is 26.7 Å². The van der Waals surface area contributed by atoms with Crippen molar-refractivity contribution in [3.8, 4) is 5.75 Å². The fourth-order valence-corrected chi connectivity index (χ4v) is 2.50. The van der Waals surface area contributed by atoms with E-state index < -0.39 is 11.4 Å². The number of hydrogen-bond acceptors (Lipinski definition) is 4. The van der Waals surface area contributed by atoms with Crippen LogP contribution in [0.25, 0.3) is 0 Å². The Kier molecular flexibility index (Phi) is 5.60. The van der Waals surface area contributed by atoms with Gasteiger partial charge in [0.15, 0.2) is 6.61 Å². The van der Waals surface area contributed by atoms with Crippen molar-refractivity contribution < 1.29 is 24.2 Å². The first kappa shape index (κ1) is 17.3. The lowest BCUT2D eigenvalue weighted by atomic mass is 9.80. The molecule has 6 nitrogen and oxygen atoms in total. The Bertz CT molecular complexity index is 578. The Labute approximate surface area is 135 Å². The molecule has 0 saturated carbocycles. The number of aliphatic carboxylic acids is 1. The first-order valence-electron chi connectivity index (χ1n) is 7.71. The van der Waals surface area contributed by atoms with Gasteiger partial charge in [-0.25, -0.2) is 0 Å². The number of aryl methyl sites for hydroxylation is 2. The van der Waals surface area contributed by atoms with Crippen LogP contribution < -0.4 is 10.1 Å². The van der Waals surface area contributed by atoms with Crippen molar-refractivity contribution in [2.75, 3.05) is 26.4 Å². The zero-order chi connectivity index (χ0) is 16.9. The number of carboxylic acid groups (broad SMARTS) is 1. The van der Waals surface area contributed by atoms with Gasteiger partial charge in [-0.1, -0.05) is 6.07 Å². The minimum absolute atomic E-state index is 0.0980. The molecule has 0 spiro atoms. The van der Waals surface area contributed by atoms with E-state index >= 15 is 0 Å². The molecule has 0 radical (unpaired) electrons. The Morgan fingerprint density at radius 1 is 1.26 bits per heavy atom. The lowest BCUT2D eigenvalue weighted by Crippen LogP contribution is -2.47. The SMILES string of the molecule is Cc1ccc(OCC(=O)NCC2(C(=O)O)CCOCC2)cc1C. The van der Waals surface area contributed by atoms with Gasteiger partial charge in [0.25, 0.3) is 5.91 Å². The highest BCUT2D eigenvalue weighted by Gasteiger charge is 2.40. The van der Waals surface area contributed by atoms with Gasteiger partial charge in [0.2, 0.25) is 0 Å². The number of ether oxygens (including phenoxy) is 2. The number of hydrogen-bond donors (Lipinski definition) is 2. The quantitative estimate of drug-likeness (QED) is 0.833. The van der Waals surface area contributed by atoms with Gasteiger partial charge in [0.1, 0.15) is 5.75 Å². The topological polar surface area (TPSA) is 84.9 Å². The molecule has 1 amide bonds. The maximum Gasteiger partial charge on any atom is 0.311 e. The maximum atomic E-state index is 11.9. The van der Waals surface area contributed by atoms with Gasteiger partial charge in [-0.05, 0) is 49.9 Å². The lowest BCUT2D eigenvalue weighted by Gasteiger charge is -2.33. The molecule has 0 aromatic heterocycles. The fourth-order valence-electron chi connectivity index (χ4n) is 2.50. The van der Waals surface area contributed by atoms with Crippen LogP contribution in [0.3, 0.4) is 0 Å². The van der Waals surface area contributed by atoms with Gasteiger partial charge < -0.3 is 19.9 Å². The summed E-state index contributed by atoms with van der Waals surface area (Å²) in [5, 5.41) is 12.1. The van der Waals surface area contributed by atoms with E-state index in [2.05, 4.69) is 5.32 Å². The molecule has 2 N–H and O–H groups in total. The molecular weight excluding hydrogens is 298 g/mol. The van der Waals surface area contributed by atoms with Gasteiger partial charge in [-0.15, -0.1) is 0 Å². The molecule has 1 heterocycles. The summed E-state index contributed by atoms with van der Waals surface area (Å²) in [6.45, 7) is 4.76. The zero-order valence-electron chi connectivity index (χ0n) is 13.6. The van der Waals surface area contributed by atoms with E-state index in [1.165, 1.54) is 0 Å². The van der Waals surface area contributed by atoms with Crippen LogP contribution >= 0.6 is 0 Å². The Hall–Kier alpha value is -2.08. The molecule has 1 aliphatic rings. The van der Waals surface area contributed by atoms with Crippen molar-refractivity contribution in [3.05, 3.63) is 29.3 Å². The molecule has 0 unspecified atom stereocenters. The number of carboxylic acids is 1. The Morgan fingerprint density at radius 2 is 1.96 bits per heavy atom. The monoisotopic (exact) mass is 321 g/mol. The zero-order valence-corrected chi connectivity index (χ0v) is 13.6. The van der Waals surface area contributed by atoms with E-state index in [0.717, 1.165) is 11.1 Å². The van der Waals surface area contributed by atoms with Crippen molar-refractivity contribution in [1.82, 2.24) is 5.32 Å². The smallest absolute Gasteiger partial charge is 0.311 e. The average molecular weight is 321 g/mol. The van der Waals surface area contributed by atoms with E-state index in [9.17, 15) is 14.7 Å². The minimum atomic E-state index is -0.936. The molecule has 1 aromatic rings. The Balaban J connectivity index is 1.84. The minimum Gasteiger partial charge on any atom is -0.484 e. The van der Waals surface area contributed by atoms with E-state index in [4.69, 9.17) is 9.47 Å². The summed E-state index contributed by atoms with van der Waals surface area (Å²) >= 11 is 0. The van der Waals surface area contributed by atoms with Gasteiger partial charge in [0, 0.05) is 19.8 Å². The number of nitrogens with one attached hydrogen (secondary N) is 1. The van der Waals surface area contributed by atoms with Crippen molar-refractivity contribution in [2.24, 2.45) is 5.41 Å². The van der Waals surface area contributed by atoms with E-state index in [1.54, 1.807) is 0 Å². The molecule has 0 aliphatic carbocycles. The van der Waals surface area contributed by atoms with Gasteiger partial charge in [-0.2, -0.15) is 0 Å². The first-order chi connectivity index (χ1) is 10.9. The Morgan fingerprint density at radius 3 is 2.57 bits per heavy atom. The highest BCUT2D eigenvalue weighted by atomic mass is 16.5. The average Bonchev–Trinajstić information content (AvgIpc) is 2.54. The molecule has 1 aromatic carbocycles. The molecule has 23 heavy (non-hydrogen) atoms. The molecular formula is C17H23NO5. The fraction of sp³-hybridized carbons (Fsp3) is 0.529. The van der Waals surface area contributed by atoms with E-state index in [0.29, 0.717) is 31.8 Å². The third-order valence-electron chi connectivity index (χ3n) is 4.38. The van der Waals surface area contributed by atoms with Gasteiger partial charge in [0.05, 0.1) is 5.41 Å². The normalized spacial score (nSPS) is 16.6. The number of carbonyl (C=O) groups is 2. The highest BCUT2D eigenvalue weighted by Crippen LogP contribution is 2.30. The summed E-state index contributed by atoms with van der Waals surface area (Å²) in [6, 6.07) is 5.62. The summed E-state index contributed by atoms with van der Waals surface area (Å²) in [7, 11) is 0. The number of rotatable bonds is 6. The highest BCUT2D eigenvalue weighted by molar-refractivity contribution is 5.80. The standard InChI is InChI=1S/C17H23NO5/c1-12-3-4-14(9-13(12)2)23-10-15(19)18-11-17(16(20)21)5-7-22-8-6-17/h3-4,9H,5-8,10-11H2,1-2H3,(H,18,19)(H,20,21). The maximum absolute atomic E-state index is 11.9. The van der Waals surface area contributed by atoms with Crippen LogP contribution in [0.2, 0.25) is 0 Å². The van der Waals surface area contributed by atoms with Crippen LogP contribution in [0, 0.1) is 19.3 Å². The van der Waals surface area contributed by atoms with Crippen LogP contribution in [0.15, 0.2) is 18.2 Å². The van der Waals surface area contributed by atoms with Crippen LogP contribution in [0.5, 0.6) is 5.75 Å². The molecule has 1 fully saturated rings. The third kappa shape index (κ3) is 4.45. The van der Waals surface area contributed by atoms with Crippen LogP contribution in [-0.4, -0.2) is 43.3 Å². The van der Waals surface area contributed by atoms with Crippen LogP contribution in [0.1, 0.15) is 24.0 Å². The molecule has 1 saturated heterocycles. The summed E-state index contributed by atoms with van der Waals surface area (Å²) in [5.74, 6) is -0.589. The van der Waals surface area contributed by atoms with Crippen molar-refractivity contribution in [1.29, 1.82) is 0 Å². The molecule has 126 valence electrons. The summed E-state index contributed by atoms with van der Waals surface area (Å²) in [6.07, 6.45) is 0.807. The molecule has 2 rings (SSSR count). The van der Waals surface area contributed by atoms with Gasteiger partial charge in [-0.3, -0.25) is 9.59 Å². The van der Waals surface area contributed by atoms with Crippen molar-refractivity contribution >= 4 is 11.9 Å². The largest absolute Gasteiger partial charge is 0.484 e. The van der Waals surface area contributed by atoms with Crippen LogP contribution in [-0.2, 0) is 14.3 Å². The molecule has 0 atom stereocenters. The van der Waals surface area contributed by atoms with E-state index in [-0.39, 0.29) is 19.1 Å². The van der Waals surface area contributed by atoms with E-state index in [1.807, 2.05) is 32.0 Å². The molecule has 6 heteroatoms. The first-order valence-corrected chi connectivity index (χ1v) is 7.71. The third-order valence-corrected chi connectivity index (χ3v) is 4.38.